The van der Waals surface area contributed by atoms with Crippen molar-refractivity contribution in [2.24, 2.45) is 0 Å². The molecule has 2 aromatic carbocycles. The van der Waals surface area contributed by atoms with Crippen molar-refractivity contribution < 1.29 is 14.6 Å². The van der Waals surface area contributed by atoms with Gasteiger partial charge in [0.2, 0.25) is 0 Å². The zero-order chi connectivity index (χ0) is 18.0. The summed E-state index contributed by atoms with van der Waals surface area (Å²) in [5.41, 5.74) is 3.18. The van der Waals surface area contributed by atoms with Crippen molar-refractivity contribution in [1.82, 2.24) is 9.47 Å². The number of aromatic hydroxyl groups is 1. The Hall–Kier alpha value is -2.79. The number of para-hydroxylation sites is 1. The average molecular weight is 338 g/mol. The third-order valence-corrected chi connectivity index (χ3v) is 4.01. The first kappa shape index (κ1) is 17.0. The van der Waals surface area contributed by atoms with E-state index in [9.17, 15) is 9.90 Å². The van der Waals surface area contributed by atoms with Gasteiger partial charge in [-0.3, -0.25) is 0 Å². The molecule has 3 aromatic rings. The van der Waals surface area contributed by atoms with Crippen LogP contribution in [0.4, 0.5) is 0 Å². The summed E-state index contributed by atoms with van der Waals surface area (Å²) in [7, 11) is 3.92. The summed E-state index contributed by atoms with van der Waals surface area (Å²) in [5, 5.41) is 10.6. The van der Waals surface area contributed by atoms with E-state index in [0.29, 0.717) is 24.1 Å². The van der Waals surface area contributed by atoms with Crippen LogP contribution in [0.25, 0.3) is 16.6 Å². The molecule has 1 aromatic heterocycles. The van der Waals surface area contributed by atoms with Crippen molar-refractivity contribution in [3.05, 3.63) is 59.8 Å². The minimum Gasteiger partial charge on any atom is -0.508 e. The van der Waals surface area contributed by atoms with E-state index in [4.69, 9.17) is 4.74 Å². The lowest BCUT2D eigenvalue weighted by Crippen LogP contribution is -2.17. The maximum atomic E-state index is 12.7. The molecule has 0 spiro atoms. The summed E-state index contributed by atoms with van der Waals surface area (Å²) in [6.07, 6.45) is 0. The Morgan fingerprint density at radius 3 is 2.52 bits per heavy atom. The highest BCUT2D eigenvalue weighted by Crippen LogP contribution is 2.33. The van der Waals surface area contributed by atoms with Crippen LogP contribution in [0.1, 0.15) is 23.0 Å². The SMILES string of the molecule is CCOC(=O)c1c(CN(C)C)n(-c2ccccc2)c2ccc(O)cc12. The maximum Gasteiger partial charge on any atom is 0.340 e. The molecule has 0 amide bonds. The molecule has 0 aliphatic heterocycles. The van der Waals surface area contributed by atoms with E-state index in [0.717, 1.165) is 16.9 Å². The number of nitrogens with zero attached hydrogens (tertiary/aromatic N) is 2. The van der Waals surface area contributed by atoms with E-state index in [-0.39, 0.29) is 11.7 Å². The molecule has 25 heavy (non-hydrogen) atoms. The highest BCUT2D eigenvalue weighted by atomic mass is 16.5. The predicted octanol–water partition coefficient (Wildman–Crippen LogP) is 3.57. The van der Waals surface area contributed by atoms with Crippen molar-refractivity contribution in [1.29, 1.82) is 0 Å². The van der Waals surface area contributed by atoms with E-state index in [1.54, 1.807) is 19.1 Å². The lowest BCUT2D eigenvalue weighted by atomic mass is 10.1. The molecule has 0 saturated carbocycles. The minimum atomic E-state index is -0.371. The second-order valence-corrected chi connectivity index (χ2v) is 6.15. The summed E-state index contributed by atoms with van der Waals surface area (Å²) in [4.78, 5) is 14.7. The van der Waals surface area contributed by atoms with Gasteiger partial charge in [0.25, 0.3) is 0 Å². The van der Waals surface area contributed by atoms with E-state index in [2.05, 4.69) is 4.57 Å². The van der Waals surface area contributed by atoms with E-state index < -0.39 is 0 Å². The van der Waals surface area contributed by atoms with Crippen molar-refractivity contribution >= 4 is 16.9 Å². The summed E-state index contributed by atoms with van der Waals surface area (Å²) < 4.78 is 7.35. The van der Waals surface area contributed by atoms with Gasteiger partial charge in [-0.05, 0) is 51.4 Å². The fraction of sp³-hybridized carbons (Fsp3) is 0.250. The molecule has 1 N–H and O–H groups in total. The molecule has 0 atom stereocenters. The van der Waals surface area contributed by atoms with Gasteiger partial charge in [-0.25, -0.2) is 4.79 Å². The summed E-state index contributed by atoms with van der Waals surface area (Å²) in [5.74, 6) is -0.246. The van der Waals surface area contributed by atoms with Crippen LogP contribution in [0.3, 0.4) is 0 Å². The molecule has 0 saturated heterocycles. The summed E-state index contributed by atoms with van der Waals surface area (Å²) in [6, 6.07) is 15.0. The van der Waals surface area contributed by atoms with Gasteiger partial charge in [-0.1, -0.05) is 18.2 Å². The highest BCUT2D eigenvalue weighted by Gasteiger charge is 2.25. The van der Waals surface area contributed by atoms with Crippen molar-refractivity contribution in [2.45, 2.75) is 13.5 Å². The molecule has 5 heteroatoms. The Bertz CT molecular complexity index is 898. The largest absolute Gasteiger partial charge is 0.508 e. The van der Waals surface area contributed by atoms with Crippen LogP contribution >= 0.6 is 0 Å². The zero-order valence-corrected chi connectivity index (χ0v) is 14.7. The fourth-order valence-corrected chi connectivity index (χ4v) is 3.08. The number of ether oxygens (including phenoxy) is 1. The van der Waals surface area contributed by atoms with Crippen molar-refractivity contribution in [3.8, 4) is 11.4 Å². The number of aromatic nitrogens is 1. The molecule has 0 unspecified atom stereocenters. The lowest BCUT2D eigenvalue weighted by Gasteiger charge is -2.16. The smallest absolute Gasteiger partial charge is 0.340 e. The van der Waals surface area contributed by atoms with Gasteiger partial charge in [0.05, 0.1) is 23.4 Å². The number of phenols is 1. The molecular weight excluding hydrogens is 316 g/mol. The Balaban J connectivity index is 2.38. The van der Waals surface area contributed by atoms with Gasteiger partial charge in [0.1, 0.15) is 5.75 Å². The number of phenolic OH excluding ortho intramolecular Hbond substituents is 1. The molecule has 3 rings (SSSR count). The molecular formula is C20H22N2O3. The number of fused-ring (bicyclic) bond motifs is 1. The normalized spacial score (nSPS) is 11.2. The van der Waals surface area contributed by atoms with Gasteiger partial charge in [0.15, 0.2) is 0 Å². The van der Waals surface area contributed by atoms with Crippen LogP contribution < -0.4 is 0 Å². The molecule has 1 heterocycles. The second-order valence-electron chi connectivity index (χ2n) is 6.15. The van der Waals surface area contributed by atoms with Crippen LogP contribution in [-0.2, 0) is 11.3 Å². The summed E-state index contributed by atoms with van der Waals surface area (Å²) in [6.45, 7) is 2.66. The second kappa shape index (κ2) is 6.99. The first-order chi connectivity index (χ1) is 12.0. The third-order valence-electron chi connectivity index (χ3n) is 4.01. The maximum absolute atomic E-state index is 12.7. The Kier molecular flexibility index (Phi) is 4.76. The van der Waals surface area contributed by atoms with Crippen LogP contribution in [0.2, 0.25) is 0 Å². The van der Waals surface area contributed by atoms with E-state index >= 15 is 0 Å². The van der Waals surface area contributed by atoms with Gasteiger partial charge >= 0.3 is 5.97 Å². The Labute approximate surface area is 147 Å². The molecule has 0 aliphatic carbocycles. The number of hydrogen-bond donors (Lipinski definition) is 1. The number of carbonyl (C=O) groups is 1. The van der Waals surface area contributed by atoms with Crippen LogP contribution in [-0.4, -0.2) is 41.2 Å². The van der Waals surface area contributed by atoms with Crippen molar-refractivity contribution in [2.75, 3.05) is 20.7 Å². The van der Waals surface area contributed by atoms with Gasteiger partial charge in [0, 0.05) is 17.6 Å². The van der Waals surface area contributed by atoms with Gasteiger partial charge in [-0.15, -0.1) is 0 Å². The molecule has 0 fully saturated rings. The first-order valence-electron chi connectivity index (χ1n) is 8.26. The standard InChI is InChI=1S/C20H22N2O3/c1-4-25-20(24)19-16-12-15(23)10-11-17(16)22(18(19)13-21(2)3)14-8-6-5-7-9-14/h5-12,23H,4,13H2,1-3H3. The van der Waals surface area contributed by atoms with Crippen LogP contribution in [0.5, 0.6) is 5.75 Å². The molecule has 0 radical (unpaired) electrons. The molecule has 0 aliphatic rings. The first-order valence-corrected chi connectivity index (χ1v) is 8.26. The minimum absolute atomic E-state index is 0.125. The quantitative estimate of drug-likeness (QED) is 0.723. The number of esters is 1. The zero-order valence-electron chi connectivity index (χ0n) is 14.7. The number of carbonyl (C=O) groups excluding carboxylic acids is 1. The van der Waals surface area contributed by atoms with Crippen molar-refractivity contribution in [3.63, 3.8) is 0 Å². The molecule has 130 valence electrons. The van der Waals surface area contributed by atoms with Gasteiger partial charge < -0.3 is 19.3 Å². The molecule has 5 nitrogen and oxygen atoms in total. The monoisotopic (exact) mass is 338 g/mol. The van der Waals surface area contributed by atoms with Crippen LogP contribution in [0.15, 0.2) is 48.5 Å². The van der Waals surface area contributed by atoms with E-state index in [1.165, 1.54) is 0 Å². The number of hydrogen-bond acceptors (Lipinski definition) is 4. The predicted molar refractivity (Wildman–Crippen MR) is 98.3 cm³/mol. The Morgan fingerprint density at radius 2 is 1.88 bits per heavy atom. The average Bonchev–Trinajstić information content (AvgIpc) is 2.88. The number of rotatable bonds is 5. The number of benzene rings is 2. The lowest BCUT2D eigenvalue weighted by molar-refractivity contribution is 0.0526. The summed E-state index contributed by atoms with van der Waals surface area (Å²) >= 11 is 0. The fourth-order valence-electron chi connectivity index (χ4n) is 3.08. The third kappa shape index (κ3) is 3.23. The molecule has 0 bridgehead atoms. The Morgan fingerprint density at radius 1 is 1.16 bits per heavy atom. The van der Waals surface area contributed by atoms with E-state index in [1.807, 2.05) is 55.4 Å². The topological polar surface area (TPSA) is 54.7 Å². The van der Waals surface area contributed by atoms with Crippen LogP contribution in [0, 0.1) is 0 Å². The highest BCUT2D eigenvalue weighted by molar-refractivity contribution is 6.07. The van der Waals surface area contributed by atoms with Gasteiger partial charge in [-0.2, -0.15) is 0 Å².